The molecule has 0 bridgehead atoms. The molecule has 1 saturated heterocycles. The van der Waals surface area contributed by atoms with Gasteiger partial charge in [-0.05, 0) is 54.8 Å². The second-order valence-electron chi connectivity index (χ2n) is 5.28. The topological polar surface area (TPSA) is 37.4 Å². The number of hydrogen-bond donors (Lipinski definition) is 0. The first-order valence-electron chi connectivity index (χ1n) is 7.01. The number of halogens is 2. The van der Waals surface area contributed by atoms with Gasteiger partial charge in [0.2, 0.25) is 10.0 Å². The summed E-state index contributed by atoms with van der Waals surface area (Å²) in [7, 11) is -3.72. The summed E-state index contributed by atoms with van der Waals surface area (Å²) in [6.45, 7) is 0.376. The highest BCUT2D eigenvalue weighted by Crippen LogP contribution is 2.36. The van der Waals surface area contributed by atoms with E-state index in [0.29, 0.717) is 24.9 Å². The van der Waals surface area contributed by atoms with Crippen molar-refractivity contribution in [2.45, 2.75) is 23.8 Å². The van der Waals surface area contributed by atoms with Crippen molar-refractivity contribution in [2.75, 3.05) is 6.54 Å². The van der Waals surface area contributed by atoms with Gasteiger partial charge in [-0.2, -0.15) is 4.31 Å². The third-order valence-electron chi connectivity index (χ3n) is 3.86. The zero-order chi connectivity index (χ0) is 15.7. The Morgan fingerprint density at radius 2 is 1.73 bits per heavy atom. The minimum Gasteiger partial charge on any atom is -0.207 e. The van der Waals surface area contributed by atoms with Crippen LogP contribution in [0.2, 0.25) is 0 Å². The Kier molecular flexibility index (Phi) is 3.97. The van der Waals surface area contributed by atoms with Crippen LogP contribution in [0, 0.1) is 11.6 Å². The van der Waals surface area contributed by atoms with Gasteiger partial charge in [-0.25, -0.2) is 17.2 Å². The molecule has 0 saturated carbocycles. The summed E-state index contributed by atoms with van der Waals surface area (Å²) in [6, 6.07) is 10.4. The maximum atomic E-state index is 13.4. The first kappa shape index (κ1) is 15.1. The largest absolute Gasteiger partial charge is 0.243 e. The molecule has 1 unspecified atom stereocenters. The molecule has 22 heavy (non-hydrogen) atoms. The van der Waals surface area contributed by atoms with Crippen LogP contribution >= 0.6 is 0 Å². The Labute approximate surface area is 128 Å². The molecule has 6 heteroatoms. The number of rotatable bonds is 3. The Bertz CT molecular complexity index is 775. The molecule has 0 N–H and O–H groups in total. The molecule has 0 radical (unpaired) electrons. The molecular formula is C16H15F2NO2S. The Morgan fingerprint density at radius 1 is 1.00 bits per heavy atom. The van der Waals surface area contributed by atoms with Crippen LogP contribution < -0.4 is 0 Å². The van der Waals surface area contributed by atoms with Crippen molar-refractivity contribution in [1.29, 1.82) is 0 Å². The smallest absolute Gasteiger partial charge is 0.207 e. The van der Waals surface area contributed by atoms with E-state index in [2.05, 4.69) is 0 Å². The van der Waals surface area contributed by atoms with Crippen LogP contribution in [-0.4, -0.2) is 19.3 Å². The fourth-order valence-electron chi connectivity index (χ4n) is 2.82. The maximum absolute atomic E-state index is 13.4. The lowest BCUT2D eigenvalue weighted by Crippen LogP contribution is -2.30. The van der Waals surface area contributed by atoms with Crippen LogP contribution in [0.5, 0.6) is 0 Å². The molecule has 2 aromatic rings. The molecule has 1 atom stereocenters. The van der Waals surface area contributed by atoms with Crippen LogP contribution in [0.15, 0.2) is 53.4 Å². The lowest BCUT2D eigenvalue weighted by atomic mass is 10.1. The molecular weight excluding hydrogens is 308 g/mol. The zero-order valence-electron chi connectivity index (χ0n) is 11.7. The predicted octanol–water partition coefficient (Wildman–Crippen LogP) is 3.49. The monoisotopic (exact) mass is 323 g/mol. The Morgan fingerprint density at radius 3 is 2.41 bits per heavy atom. The Hall–Kier alpha value is -1.79. The average molecular weight is 323 g/mol. The van der Waals surface area contributed by atoms with E-state index in [0.717, 1.165) is 12.1 Å². The highest BCUT2D eigenvalue weighted by Gasteiger charge is 2.36. The Balaban J connectivity index is 1.97. The predicted molar refractivity (Wildman–Crippen MR) is 78.7 cm³/mol. The van der Waals surface area contributed by atoms with Gasteiger partial charge >= 0.3 is 0 Å². The highest BCUT2D eigenvalue weighted by molar-refractivity contribution is 7.89. The fourth-order valence-corrected chi connectivity index (χ4v) is 4.50. The standard InChI is InChI=1S/C16H15F2NO2S/c17-13-6-8-15(9-7-13)22(20,21)19-10-2-5-16(19)12-3-1-4-14(18)11-12/h1,3-4,6-9,11,16H,2,5,10H2. The molecule has 116 valence electrons. The molecule has 0 aromatic heterocycles. The van der Waals surface area contributed by atoms with Crippen molar-refractivity contribution >= 4 is 10.0 Å². The molecule has 0 amide bonds. The highest BCUT2D eigenvalue weighted by atomic mass is 32.2. The summed E-state index contributed by atoms with van der Waals surface area (Å²) in [6.07, 6.45) is 1.35. The third-order valence-corrected chi connectivity index (χ3v) is 5.78. The van der Waals surface area contributed by atoms with Gasteiger partial charge < -0.3 is 0 Å². The van der Waals surface area contributed by atoms with E-state index in [-0.39, 0.29) is 16.8 Å². The van der Waals surface area contributed by atoms with Gasteiger partial charge in [0.25, 0.3) is 0 Å². The molecule has 1 aliphatic heterocycles. The third kappa shape index (κ3) is 2.76. The van der Waals surface area contributed by atoms with E-state index in [9.17, 15) is 17.2 Å². The lowest BCUT2D eigenvalue weighted by Gasteiger charge is -2.24. The maximum Gasteiger partial charge on any atom is 0.243 e. The molecule has 1 heterocycles. The van der Waals surface area contributed by atoms with E-state index >= 15 is 0 Å². The van der Waals surface area contributed by atoms with Crippen molar-refractivity contribution in [1.82, 2.24) is 4.31 Å². The van der Waals surface area contributed by atoms with E-state index < -0.39 is 15.8 Å². The summed E-state index contributed by atoms with van der Waals surface area (Å²) < 4.78 is 53.2. The number of benzene rings is 2. The van der Waals surface area contributed by atoms with E-state index in [1.54, 1.807) is 12.1 Å². The SMILES string of the molecule is O=S(=O)(c1ccc(F)cc1)N1CCCC1c1cccc(F)c1. The normalized spacial score (nSPS) is 19.5. The van der Waals surface area contributed by atoms with Crippen LogP contribution in [0.25, 0.3) is 0 Å². The second kappa shape index (κ2) is 5.78. The van der Waals surface area contributed by atoms with Gasteiger partial charge in [0.05, 0.1) is 10.9 Å². The number of nitrogens with zero attached hydrogens (tertiary/aromatic N) is 1. The van der Waals surface area contributed by atoms with Gasteiger partial charge in [-0.15, -0.1) is 0 Å². The van der Waals surface area contributed by atoms with Crippen molar-refractivity contribution in [3.8, 4) is 0 Å². The zero-order valence-corrected chi connectivity index (χ0v) is 12.6. The second-order valence-corrected chi connectivity index (χ2v) is 7.17. The summed E-state index contributed by atoms with van der Waals surface area (Å²) >= 11 is 0. The van der Waals surface area contributed by atoms with Crippen LogP contribution in [-0.2, 0) is 10.0 Å². The molecule has 2 aromatic carbocycles. The minimum atomic E-state index is -3.72. The van der Waals surface area contributed by atoms with Crippen molar-refractivity contribution in [2.24, 2.45) is 0 Å². The van der Waals surface area contributed by atoms with Gasteiger partial charge in [-0.1, -0.05) is 12.1 Å². The van der Waals surface area contributed by atoms with Crippen molar-refractivity contribution in [3.05, 3.63) is 65.7 Å². The fraction of sp³-hybridized carbons (Fsp3) is 0.250. The van der Waals surface area contributed by atoms with Crippen molar-refractivity contribution in [3.63, 3.8) is 0 Å². The molecule has 3 rings (SSSR count). The first-order chi connectivity index (χ1) is 10.5. The molecule has 0 spiro atoms. The number of hydrogen-bond acceptors (Lipinski definition) is 2. The summed E-state index contributed by atoms with van der Waals surface area (Å²) in [4.78, 5) is 0.0530. The quantitative estimate of drug-likeness (QED) is 0.867. The molecule has 1 aliphatic rings. The van der Waals surface area contributed by atoms with Crippen LogP contribution in [0.1, 0.15) is 24.4 Å². The van der Waals surface area contributed by atoms with Crippen LogP contribution in [0.4, 0.5) is 8.78 Å². The van der Waals surface area contributed by atoms with Crippen LogP contribution in [0.3, 0.4) is 0 Å². The summed E-state index contributed by atoms with van der Waals surface area (Å²) in [5.41, 5.74) is 0.642. The van der Waals surface area contributed by atoms with Gasteiger partial charge in [0.1, 0.15) is 11.6 Å². The average Bonchev–Trinajstić information content (AvgIpc) is 2.98. The van der Waals surface area contributed by atoms with E-state index in [4.69, 9.17) is 0 Å². The molecule has 3 nitrogen and oxygen atoms in total. The summed E-state index contributed by atoms with van der Waals surface area (Å²) in [5.74, 6) is -0.870. The van der Waals surface area contributed by atoms with Gasteiger partial charge in [-0.3, -0.25) is 0 Å². The van der Waals surface area contributed by atoms with E-state index in [1.807, 2.05) is 0 Å². The first-order valence-corrected chi connectivity index (χ1v) is 8.45. The van der Waals surface area contributed by atoms with Gasteiger partial charge in [0, 0.05) is 6.54 Å². The summed E-state index contributed by atoms with van der Waals surface area (Å²) in [5, 5.41) is 0. The van der Waals surface area contributed by atoms with Crippen molar-refractivity contribution < 1.29 is 17.2 Å². The number of sulfonamides is 1. The lowest BCUT2D eigenvalue weighted by molar-refractivity contribution is 0.395. The molecule has 0 aliphatic carbocycles. The molecule has 1 fully saturated rings. The minimum absolute atomic E-state index is 0.0530. The van der Waals surface area contributed by atoms with Gasteiger partial charge in [0.15, 0.2) is 0 Å². The van der Waals surface area contributed by atoms with E-state index in [1.165, 1.54) is 28.6 Å².